The number of anilines is 1. The topological polar surface area (TPSA) is 24.9 Å². The highest BCUT2D eigenvalue weighted by molar-refractivity contribution is 7.09. The summed E-state index contributed by atoms with van der Waals surface area (Å²) in [5.41, 5.74) is 3.36. The first-order valence-electron chi connectivity index (χ1n) is 4.63. The third kappa shape index (κ3) is 2.53. The van der Waals surface area contributed by atoms with E-state index in [4.69, 9.17) is 0 Å². The Morgan fingerprint density at radius 2 is 2.33 bits per heavy atom. The van der Waals surface area contributed by atoms with Crippen LogP contribution >= 0.6 is 11.3 Å². The molecule has 2 aromatic rings. The minimum Gasteiger partial charge on any atom is -0.378 e. The Bertz CT molecular complexity index is 440. The van der Waals surface area contributed by atoms with Gasteiger partial charge in [-0.1, -0.05) is 6.07 Å². The number of aryl methyl sites for hydroxylation is 1. The van der Waals surface area contributed by atoms with Gasteiger partial charge >= 0.3 is 0 Å². The van der Waals surface area contributed by atoms with Crippen molar-refractivity contribution >= 4 is 17.0 Å². The van der Waals surface area contributed by atoms with E-state index in [0.29, 0.717) is 12.2 Å². The van der Waals surface area contributed by atoms with Crippen molar-refractivity contribution in [3.8, 4) is 0 Å². The van der Waals surface area contributed by atoms with Crippen molar-refractivity contribution in [2.75, 3.05) is 5.32 Å². The maximum Gasteiger partial charge on any atom is 0.146 e. The smallest absolute Gasteiger partial charge is 0.146 e. The van der Waals surface area contributed by atoms with Gasteiger partial charge < -0.3 is 5.32 Å². The van der Waals surface area contributed by atoms with Gasteiger partial charge in [0.2, 0.25) is 0 Å². The Labute approximate surface area is 91.8 Å². The normalized spacial score (nSPS) is 10.3. The van der Waals surface area contributed by atoms with Crippen molar-refractivity contribution < 1.29 is 4.39 Å². The molecule has 1 N–H and O–H groups in total. The molecule has 1 heterocycles. The molecule has 0 aliphatic carbocycles. The molecule has 2 rings (SSSR count). The standard InChI is InChI=1S/C11H11FN2S/c1-8-2-3-10(12)11(4-8)14-6-9-5-13-7-15-9/h2-5,7,14H,6H2,1H3. The number of hydrogen-bond acceptors (Lipinski definition) is 3. The fourth-order valence-electron chi connectivity index (χ4n) is 1.29. The Morgan fingerprint density at radius 3 is 3.07 bits per heavy atom. The second-order valence-corrected chi connectivity index (χ2v) is 4.28. The van der Waals surface area contributed by atoms with Crippen molar-refractivity contribution in [1.82, 2.24) is 4.98 Å². The van der Waals surface area contributed by atoms with E-state index < -0.39 is 0 Å². The lowest BCUT2D eigenvalue weighted by Gasteiger charge is -2.06. The monoisotopic (exact) mass is 222 g/mol. The second kappa shape index (κ2) is 4.40. The second-order valence-electron chi connectivity index (χ2n) is 3.30. The van der Waals surface area contributed by atoms with Crippen molar-refractivity contribution in [3.63, 3.8) is 0 Å². The molecule has 0 atom stereocenters. The highest BCUT2D eigenvalue weighted by Crippen LogP contribution is 2.17. The zero-order valence-electron chi connectivity index (χ0n) is 8.33. The van der Waals surface area contributed by atoms with Gasteiger partial charge in [-0.25, -0.2) is 4.39 Å². The molecule has 1 aromatic carbocycles. The molecule has 4 heteroatoms. The van der Waals surface area contributed by atoms with Gasteiger partial charge in [0.1, 0.15) is 5.82 Å². The molecular weight excluding hydrogens is 211 g/mol. The SMILES string of the molecule is Cc1ccc(F)c(NCc2cncs2)c1. The zero-order valence-corrected chi connectivity index (χ0v) is 9.14. The van der Waals surface area contributed by atoms with Crippen LogP contribution in [-0.2, 0) is 6.54 Å². The third-order valence-corrected chi connectivity index (χ3v) is 2.84. The van der Waals surface area contributed by atoms with E-state index >= 15 is 0 Å². The minimum absolute atomic E-state index is 0.217. The summed E-state index contributed by atoms with van der Waals surface area (Å²) in [5.74, 6) is -0.217. The van der Waals surface area contributed by atoms with Gasteiger partial charge in [0.25, 0.3) is 0 Å². The number of benzene rings is 1. The van der Waals surface area contributed by atoms with Crippen LogP contribution in [0.15, 0.2) is 29.9 Å². The number of hydrogen-bond donors (Lipinski definition) is 1. The van der Waals surface area contributed by atoms with Crippen molar-refractivity contribution in [2.45, 2.75) is 13.5 Å². The largest absolute Gasteiger partial charge is 0.378 e. The van der Waals surface area contributed by atoms with Gasteiger partial charge in [-0.05, 0) is 24.6 Å². The highest BCUT2D eigenvalue weighted by Gasteiger charge is 2.02. The van der Waals surface area contributed by atoms with Crippen molar-refractivity contribution in [1.29, 1.82) is 0 Å². The number of aromatic nitrogens is 1. The van der Waals surface area contributed by atoms with Gasteiger partial charge in [0.15, 0.2) is 0 Å². The van der Waals surface area contributed by atoms with Gasteiger partial charge in [-0.3, -0.25) is 4.98 Å². The minimum atomic E-state index is -0.217. The van der Waals surface area contributed by atoms with E-state index in [-0.39, 0.29) is 5.82 Å². The van der Waals surface area contributed by atoms with E-state index in [1.54, 1.807) is 35.2 Å². The number of rotatable bonds is 3. The molecule has 0 amide bonds. The first-order chi connectivity index (χ1) is 7.25. The molecule has 0 saturated carbocycles. The van der Waals surface area contributed by atoms with Crippen LogP contribution in [0, 0.1) is 12.7 Å². The molecule has 78 valence electrons. The molecule has 0 aliphatic rings. The van der Waals surface area contributed by atoms with Crippen LogP contribution in [-0.4, -0.2) is 4.98 Å². The van der Waals surface area contributed by atoms with Gasteiger partial charge in [-0.15, -0.1) is 11.3 Å². The molecule has 0 spiro atoms. The fraction of sp³-hybridized carbons (Fsp3) is 0.182. The van der Waals surface area contributed by atoms with Crippen molar-refractivity contribution in [3.05, 3.63) is 46.2 Å². The fourth-order valence-corrected chi connectivity index (χ4v) is 1.82. The summed E-state index contributed by atoms with van der Waals surface area (Å²) in [4.78, 5) is 5.05. The summed E-state index contributed by atoms with van der Waals surface area (Å²) >= 11 is 1.56. The highest BCUT2D eigenvalue weighted by atomic mass is 32.1. The molecular formula is C11H11FN2S. The quantitative estimate of drug-likeness (QED) is 0.862. The first kappa shape index (κ1) is 10.1. The summed E-state index contributed by atoms with van der Waals surface area (Å²) in [7, 11) is 0. The van der Waals surface area contributed by atoms with Crippen LogP contribution in [0.3, 0.4) is 0 Å². The maximum absolute atomic E-state index is 13.3. The van der Waals surface area contributed by atoms with Gasteiger partial charge in [0.05, 0.1) is 17.7 Å². The zero-order chi connectivity index (χ0) is 10.7. The molecule has 2 nitrogen and oxygen atoms in total. The van der Waals surface area contributed by atoms with Crippen LogP contribution in [0.1, 0.15) is 10.4 Å². The van der Waals surface area contributed by atoms with E-state index in [9.17, 15) is 4.39 Å². The van der Waals surface area contributed by atoms with Crippen molar-refractivity contribution in [2.24, 2.45) is 0 Å². The van der Waals surface area contributed by atoms with Crippen LogP contribution in [0.25, 0.3) is 0 Å². The Balaban J connectivity index is 2.07. The van der Waals surface area contributed by atoms with E-state index in [2.05, 4.69) is 10.3 Å². The summed E-state index contributed by atoms with van der Waals surface area (Å²) in [6, 6.07) is 5.04. The Hall–Kier alpha value is -1.42. The number of nitrogens with one attached hydrogen (secondary N) is 1. The molecule has 0 fully saturated rings. The van der Waals surface area contributed by atoms with Gasteiger partial charge in [0, 0.05) is 11.1 Å². The Kier molecular flexibility index (Phi) is 2.97. The van der Waals surface area contributed by atoms with Crippen LogP contribution in [0.5, 0.6) is 0 Å². The summed E-state index contributed by atoms with van der Waals surface area (Å²) in [5, 5.41) is 3.05. The number of halogens is 1. The average molecular weight is 222 g/mol. The Morgan fingerprint density at radius 1 is 1.47 bits per heavy atom. The lowest BCUT2D eigenvalue weighted by atomic mass is 10.2. The van der Waals surface area contributed by atoms with Crippen LogP contribution in [0.2, 0.25) is 0 Å². The maximum atomic E-state index is 13.3. The van der Waals surface area contributed by atoms with Gasteiger partial charge in [-0.2, -0.15) is 0 Å². The first-order valence-corrected chi connectivity index (χ1v) is 5.51. The lowest BCUT2D eigenvalue weighted by Crippen LogP contribution is -2.00. The van der Waals surface area contributed by atoms with Crippen LogP contribution in [0.4, 0.5) is 10.1 Å². The molecule has 0 radical (unpaired) electrons. The lowest BCUT2D eigenvalue weighted by molar-refractivity contribution is 0.630. The number of nitrogens with zero attached hydrogens (tertiary/aromatic N) is 1. The van der Waals surface area contributed by atoms with E-state index in [0.717, 1.165) is 10.4 Å². The van der Waals surface area contributed by atoms with Crippen LogP contribution < -0.4 is 5.32 Å². The molecule has 15 heavy (non-hydrogen) atoms. The molecule has 0 bridgehead atoms. The predicted molar refractivity (Wildman–Crippen MR) is 60.6 cm³/mol. The molecule has 0 saturated heterocycles. The summed E-state index contributed by atoms with van der Waals surface area (Å²) in [6.45, 7) is 2.56. The molecule has 0 aliphatic heterocycles. The van der Waals surface area contributed by atoms with E-state index in [1.165, 1.54) is 6.07 Å². The molecule has 1 aromatic heterocycles. The average Bonchev–Trinajstić information content (AvgIpc) is 2.72. The summed E-state index contributed by atoms with van der Waals surface area (Å²) < 4.78 is 13.3. The third-order valence-electron chi connectivity index (χ3n) is 2.06. The predicted octanol–water partition coefficient (Wildman–Crippen LogP) is 3.20. The summed E-state index contributed by atoms with van der Waals surface area (Å²) in [6.07, 6.45) is 1.78. The molecule has 0 unspecified atom stereocenters. The van der Waals surface area contributed by atoms with E-state index in [1.807, 2.05) is 6.92 Å². The number of thiazole rings is 1.